The van der Waals surface area contributed by atoms with E-state index in [1.165, 1.54) is 0 Å². The summed E-state index contributed by atoms with van der Waals surface area (Å²) in [6.45, 7) is 6.03. The third-order valence-electron chi connectivity index (χ3n) is 6.21. The molecule has 0 aliphatic heterocycles. The molecule has 0 saturated heterocycles. The summed E-state index contributed by atoms with van der Waals surface area (Å²) in [4.78, 5) is 17.9. The molecule has 0 bridgehead atoms. The normalized spacial score (nSPS) is 25.5. The third-order valence-corrected chi connectivity index (χ3v) is 6.21. The maximum Gasteiger partial charge on any atom is 0.135 e. The summed E-state index contributed by atoms with van der Waals surface area (Å²) in [5.74, 6) is 0.705. The van der Waals surface area contributed by atoms with Gasteiger partial charge in [-0.1, -0.05) is 42.6 Å². The smallest absolute Gasteiger partial charge is 0.135 e. The van der Waals surface area contributed by atoms with Gasteiger partial charge in [-0.3, -0.25) is 4.79 Å². The number of azide groups is 2. The van der Waals surface area contributed by atoms with Crippen LogP contribution in [0.15, 0.2) is 16.4 Å². The Balaban J connectivity index is 2.08. The van der Waals surface area contributed by atoms with E-state index in [1.807, 2.05) is 24.7 Å². The Morgan fingerprint density at radius 1 is 1.13 bits per heavy atom. The minimum atomic E-state index is -0.0786. The van der Waals surface area contributed by atoms with E-state index in [0.29, 0.717) is 18.8 Å². The van der Waals surface area contributed by atoms with Gasteiger partial charge in [0.2, 0.25) is 0 Å². The largest absolute Gasteiger partial charge is 0.299 e. The van der Waals surface area contributed by atoms with Crippen LogP contribution in [0.3, 0.4) is 0 Å². The number of ketones is 1. The van der Waals surface area contributed by atoms with Crippen LogP contribution in [0.4, 0.5) is 0 Å². The van der Waals surface area contributed by atoms with Crippen molar-refractivity contribution < 1.29 is 4.79 Å². The molecule has 0 N–H and O–H groups in total. The molecule has 10 heteroatoms. The van der Waals surface area contributed by atoms with Gasteiger partial charge in [-0.05, 0) is 61.9 Å². The molecule has 2 rings (SSSR count). The molecule has 1 fully saturated rings. The van der Waals surface area contributed by atoms with E-state index < -0.39 is 0 Å². The van der Waals surface area contributed by atoms with Crippen LogP contribution in [0.25, 0.3) is 20.9 Å². The number of hydrogen-bond acceptors (Lipinski definition) is 5. The number of carbonyl (C=O) groups excluding carboxylic acids is 1. The number of nitrogens with zero attached hydrogens (tertiary/aromatic N) is 9. The molecule has 10 nitrogen and oxygen atoms in total. The molecule has 0 amide bonds. The zero-order valence-corrected chi connectivity index (χ0v) is 19.0. The van der Waals surface area contributed by atoms with Crippen LogP contribution in [0, 0.1) is 11.8 Å². The Labute approximate surface area is 184 Å². The average Bonchev–Trinajstić information content (AvgIpc) is 3.20. The molecule has 170 valence electrons. The van der Waals surface area contributed by atoms with Crippen molar-refractivity contribution in [3.8, 4) is 0 Å². The standard InChI is InChI=1S/C21H35N9O/c1-15(2)21(31)12-10-19-14-30(29-26-19)20-6-4-5-17(24-27-22)8-9-18(25-28-23)13-16(3)7-11-20/h14-18,20H,4-13H2,1-3H3. The number of hydrogen-bond donors (Lipinski definition) is 0. The molecule has 31 heavy (non-hydrogen) atoms. The highest BCUT2D eigenvalue weighted by molar-refractivity contribution is 5.80. The van der Waals surface area contributed by atoms with Crippen LogP contribution in [-0.2, 0) is 11.2 Å². The van der Waals surface area contributed by atoms with Gasteiger partial charge in [-0.15, -0.1) is 5.10 Å². The molecule has 1 aromatic rings. The lowest BCUT2D eigenvalue weighted by atomic mass is 9.89. The van der Waals surface area contributed by atoms with Gasteiger partial charge < -0.3 is 0 Å². The molecule has 1 saturated carbocycles. The highest BCUT2D eigenvalue weighted by atomic mass is 16.1. The van der Waals surface area contributed by atoms with Crippen molar-refractivity contribution in [2.45, 2.75) is 103 Å². The zero-order valence-electron chi connectivity index (χ0n) is 19.0. The van der Waals surface area contributed by atoms with Crippen LogP contribution >= 0.6 is 0 Å². The second-order valence-electron chi connectivity index (χ2n) is 9.11. The molecule has 1 aliphatic carbocycles. The van der Waals surface area contributed by atoms with Gasteiger partial charge in [0, 0.05) is 46.9 Å². The van der Waals surface area contributed by atoms with E-state index in [4.69, 9.17) is 11.1 Å². The van der Waals surface area contributed by atoms with Gasteiger partial charge >= 0.3 is 0 Å². The first-order valence-corrected chi connectivity index (χ1v) is 11.4. The van der Waals surface area contributed by atoms with Gasteiger partial charge in [-0.2, -0.15) is 0 Å². The summed E-state index contributed by atoms with van der Waals surface area (Å²) in [6, 6.07) is 0.0735. The lowest BCUT2D eigenvalue weighted by Gasteiger charge is -2.24. The fourth-order valence-corrected chi connectivity index (χ4v) is 4.22. The number of aromatic nitrogens is 3. The summed E-state index contributed by atoms with van der Waals surface area (Å²) in [6.07, 6.45) is 10.1. The van der Waals surface area contributed by atoms with Crippen molar-refractivity contribution in [1.29, 1.82) is 0 Å². The number of rotatable bonds is 7. The van der Waals surface area contributed by atoms with Gasteiger partial charge in [-0.25, -0.2) is 4.68 Å². The van der Waals surface area contributed by atoms with Crippen molar-refractivity contribution in [3.63, 3.8) is 0 Å². The Bertz CT molecular complexity index is 793. The van der Waals surface area contributed by atoms with Gasteiger partial charge in [0.25, 0.3) is 0 Å². The number of aryl methyl sites for hydroxylation is 1. The molecular weight excluding hydrogens is 394 g/mol. The summed E-state index contributed by atoms with van der Waals surface area (Å²) in [5.41, 5.74) is 18.7. The second-order valence-corrected chi connectivity index (χ2v) is 9.11. The predicted octanol–water partition coefficient (Wildman–Crippen LogP) is 6.11. The first-order valence-electron chi connectivity index (χ1n) is 11.4. The minimum absolute atomic E-state index is 0.0426. The molecule has 0 spiro atoms. The monoisotopic (exact) mass is 429 g/mol. The zero-order chi connectivity index (χ0) is 22.6. The van der Waals surface area contributed by atoms with Crippen molar-refractivity contribution in [2.24, 2.45) is 22.1 Å². The molecule has 4 atom stereocenters. The highest BCUT2D eigenvalue weighted by Gasteiger charge is 2.21. The van der Waals surface area contributed by atoms with Crippen LogP contribution in [0.1, 0.15) is 90.3 Å². The molecule has 1 aliphatic rings. The lowest BCUT2D eigenvalue weighted by molar-refractivity contribution is -0.121. The molecule has 4 unspecified atom stereocenters. The van der Waals surface area contributed by atoms with Crippen LogP contribution < -0.4 is 0 Å². The summed E-state index contributed by atoms with van der Waals surface area (Å²) in [7, 11) is 0. The van der Waals surface area contributed by atoms with Crippen molar-refractivity contribution in [2.75, 3.05) is 0 Å². The SMILES string of the molecule is CC1CCC(n2cc(CCC(=O)C(C)C)nn2)CCCC(N=[N+]=[N-])CCC(N=[N+]=[N-])C1. The van der Waals surface area contributed by atoms with E-state index in [0.717, 1.165) is 57.1 Å². The van der Waals surface area contributed by atoms with Crippen LogP contribution in [-0.4, -0.2) is 32.9 Å². The number of carbonyl (C=O) groups is 1. The highest BCUT2D eigenvalue weighted by Crippen LogP contribution is 2.29. The maximum absolute atomic E-state index is 11.9. The molecule has 1 heterocycles. The average molecular weight is 430 g/mol. The predicted molar refractivity (Wildman–Crippen MR) is 119 cm³/mol. The van der Waals surface area contributed by atoms with Gasteiger partial charge in [0.1, 0.15) is 5.78 Å². The van der Waals surface area contributed by atoms with E-state index in [-0.39, 0.29) is 29.8 Å². The summed E-state index contributed by atoms with van der Waals surface area (Å²) >= 11 is 0. The fourth-order valence-electron chi connectivity index (χ4n) is 4.22. The topological polar surface area (TPSA) is 145 Å². The Kier molecular flexibility index (Phi) is 10.3. The van der Waals surface area contributed by atoms with Crippen molar-refractivity contribution >= 4 is 5.78 Å². The molecule has 0 radical (unpaired) electrons. The quantitative estimate of drug-likeness (QED) is 0.293. The first-order chi connectivity index (χ1) is 14.9. The fraction of sp³-hybridized carbons (Fsp3) is 0.857. The van der Waals surface area contributed by atoms with Crippen molar-refractivity contribution in [3.05, 3.63) is 32.8 Å². The third kappa shape index (κ3) is 8.59. The molecule has 0 aromatic carbocycles. The second kappa shape index (κ2) is 13.0. The van der Waals surface area contributed by atoms with Crippen molar-refractivity contribution in [1.82, 2.24) is 15.0 Å². The Hall–Kier alpha value is -2.57. The molecular formula is C21H35N9O. The Morgan fingerprint density at radius 3 is 2.55 bits per heavy atom. The Morgan fingerprint density at radius 2 is 1.84 bits per heavy atom. The minimum Gasteiger partial charge on any atom is -0.299 e. The van der Waals surface area contributed by atoms with Crippen LogP contribution in [0.5, 0.6) is 0 Å². The van der Waals surface area contributed by atoms with E-state index in [1.54, 1.807) is 0 Å². The molecule has 1 aromatic heterocycles. The summed E-state index contributed by atoms with van der Waals surface area (Å²) < 4.78 is 1.95. The van der Waals surface area contributed by atoms with Gasteiger partial charge in [0.15, 0.2) is 0 Å². The first kappa shape index (κ1) is 24.7. The maximum atomic E-state index is 11.9. The van der Waals surface area contributed by atoms with Gasteiger partial charge in [0.05, 0.1) is 11.7 Å². The van der Waals surface area contributed by atoms with E-state index in [2.05, 4.69) is 37.3 Å². The number of Topliss-reactive ketones (excluding diaryl/α,β-unsaturated/α-hetero) is 1. The van der Waals surface area contributed by atoms with E-state index >= 15 is 0 Å². The summed E-state index contributed by atoms with van der Waals surface area (Å²) in [5, 5.41) is 16.6. The van der Waals surface area contributed by atoms with E-state index in [9.17, 15) is 4.79 Å². The van der Waals surface area contributed by atoms with Crippen LogP contribution in [0.2, 0.25) is 0 Å². The lowest BCUT2D eigenvalue weighted by Crippen LogP contribution is -2.18.